The summed E-state index contributed by atoms with van der Waals surface area (Å²) in [6.45, 7) is 6.01. The van der Waals surface area contributed by atoms with E-state index >= 15 is 0 Å². The van der Waals surface area contributed by atoms with Crippen LogP contribution in [0.3, 0.4) is 0 Å². The number of rotatable bonds is 3. The van der Waals surface area contributed by atoms with Gasteiger partial charge in [-0.05, 0) is 39.5 Å². The maximum atomic E-state index is 11.6. The van der Waals surface area contributed by atoms with Gasteiger partial charge in [0.15, 0.2) is 0 Å². The van der Waals surface area contributed by atoms with Crippen LogP contribution in [-0.2, 0) is 10.8 Å². The lowest BCUT2D eigenvalue weighted by molar-refractivity contribution is 0.613. The third-order valence-electron chi connectivity index (χ3n) is 2.25. The third kappa shape index (κ3) is 2.87. The van der Waals surface area contributed by atoms with Crippen molar-refractivity contribution in [2.75, 3.05) is 5.75 Å². The highest BCUT2D eigenvalue weighted by Gasteiger charge is 2.31. The molecule has 1 saturated carbocycles. The van der Waals surface area contributed by atoms with E-state index in [9.17, 15) is 4.21 Å². The van der Waals surface area contributed by atoms with Crippen molar-refractivity contribution in [3.8, 4) is 0 Å². The van der Waals surface area contributed by atoms with Crippen molar-refractivity contribution in [1.29, 1.82) is 0 Å². The predicted octanol–water partition coefficient (Wildman–Crippen LogP) is 1.27. The van der Waals surface area contributed by atoms with Gasteiger partial charge in [0.25, 0.3) is 0 Å². The molecule has 2 N–H and O–H groups in total. The average Bonchev–Trinajstić information content (AvgIpc) is 2.65. The Morgan fingerprint density at radius 1 is 1.50 bits per heavy atom. The summed E-state index contributed by atoms with van der Waals surface area (Å²) in [5, 5.41) is 0. The highest BCUT2D eigenvalue weighted by Crippen LogP contribution is 2.32. The predicted molar refractivity (Wildman–Crippen MR) is 53.5 cm³/mol. The van der Waals surface area contributed by atoms with Gasteiger partial charge in [-0.2, -0.15) is 0 Å². The Morgan fingerprint density at radius 2 is 2.00 bits per heavy atom. The molecule has 0 radical (unpaired) electrons. The van der Waals surface area contributed by atoms with Gasteiger partial charge in [-0.3, -0.25) is 4.21 Å². The minimum Gasteiger partial charge on any atom is -0.327 e. The summed E-state index contributed by atoms with van der Waals surface area (Å²) in [5.74, 6) is 1.34. The fraction of sp³-hybridized carbons (Fsp3) is 1.00. The first kappa shape index (κ1) is 10.2. The molecule has 1 aliphatic carbocycles. The smallest absolute Gasteiger partial charge is 0.0394 e. The van der Waals surface area contributed by atoms with Crippen molar-refractivity contribution >= 4 is 10.8 Å². The van der Waals surface area contributed by atoms with Gasteiger partial charge < -0.3 is 5.73 Å². The highest BCUT2D eigenvalue weighted by atomic mass is 32.2. The minimum absolute atomic E-state index is 0.105. The van der Waals surface area contributed by atoms with Crippen molar-refractivity contribution in [3.63, 3.8) is 0 Å². The van der Waals surface area contributed by atoms with Crippen LogP contribution < -0.4 is 5.73 Å². The van der Waals surface area contributed by atoms with E-state index in [1.54, 1.807) is 0 Å². The maximum Gasteiger partial charge on any atom is 0.0394 e. The SMILES string of the molecule is CC(C)(C)S(=O)CC(N)C1CC1. The summed E-state index contributed by atoms with van der Waals surface area (Å²) in [6.07, 6.45) is 2.48. The number of hydrogen-bond acceptors (Lipinski definition) is 2. The van der Waals surface area contributed by atoms with E-state index in [1.807, 2.05) is 20.8 Å². The first-order valence-electron chi connectivity index (χ1n) is 4.55. The molecule has 12 heavy (non-hydrogen) atoms. The molecule has 2 nitrogen and oxygen atoms in total. The number of hydrogen-bond donors (Lipinski definition) is 1. The molecule has 0 aromatic carbocycles. The summed E-state index contributed by atoms with van der Waals surface area (Å²) in [4.78, 5) is 0. The van der Waals surface area contributed by atoms with Crippen LogP contribution in [0.2, 0.25) is 0 Å². The zero-order valence-corrected chi connectivity index (χ0v) is 8.99. The molecule has 1 rings (SSSR count). The molecule has 0 heterocycles. The molecule has 0 amide bonds. The van der Waals surface area contributed by atoms with Crippen molar-refractivity contribution in [3.05, 3.63) is 0 Å². The van der Waals surface area contributed by atoms with E-state index < -0.39 is 10.8 Å². The zero-order valence-electron chi connectivity index (χ0n) is 8.17. The topological polar surface area (TPSA) is 43.1 Å². The van der Waals surface area contributed by atoms with Crippen LogP contribution in [0, 0.1) is 5.92 Å². The second-order valence-corrected chi connectivity index (χ2v) is 6.87. The summed E-state index contributed by atoms with van der Waals surface area (Å²) < 4.78 is 11.5. The van der Waals surface area contributed by atoms with Crippen LogP contribution in [0.4, 0.5) is 0 Å². The summed E-state index contributed by atoms with van der Waals surface area (Å²) >= 11 is 0. The molecule has 2 unspecified atom stereocenters. The van der Waals surface area contributed by atoms with E-state index in [0.29, 0.717) is 11.7 Å². The molecule has 0 spiro atoms. The Labute approximate surface area is 77.4 Å². The van der Waals surface area contributed by atoms with Gasteiger partial charge >= 0.3 is 0 Å². The lowest BCUT2D eigenvalue weighted by Crippen LogP contribution is -2.35. The standard InChI is InChI=1S/C9H19NOS/c1-9(2,3)12(11)6-8(10)7-4-5-7/h7-8H,4-6,10H2,1-3H3. The van der Waals surface area contributed by atoms with Gasteiger partial charge in [-0.15, -0.1) is 0 Å². The first-order chi connectivity index (χ1) is 5.41. The van der Waals surface area contributed by atoms with Gasteiger partial charge in [-0.25, -0.2) is 0 Å². The molecular formula is C9H19NOS. The molecule has 0 saturated heterocycles. The van der Waals surface area contributed by atoms with Crippen molar-refractivity contribution < 1.29 is 4.21 Å². The summed E-state index contributed by atoms with van der Waals surface area (Å²) in [7, 11) is -0.773. The molecule has 0 aromatic rings. The summed E-state index contributed by atoms with van der Waals surface area (Å²) in [6, 6.07) is 0.171. The lowest BCUT2D eigenvalue weighted by Gasteiger charge is -2.20. The van der Waals surface area contributed by atoms with Crippen LogP contribution in [0.1, 0.15) is 33.6 Å². The second kappa shape index (κ2) is 3.46. The molecule has 1 aliphatic rings. The monoisotopic (exact) mass is 189 g/mol. The largest absolute Gasteiger partial charge is 0.327 e. The normalized spacial score (nSPS) is 23.7. The molecular weight excluding hydrogens is 170 g/mol. The van der Waals surface area contributed by atoms with Gasteiger partial charge in [0.2, 0.25) is 0 Å². The van der Waals surface area contributed by atoms with E-state index in [0.717, 1.165) is 0 Å². The van der Waals surface area contributed by atoms with Crippen LogP contribution >= 0.6 is 0 Å². The van der Waals surface area contributed by atoms with Crippen molar-refractivity contribution in [2.24, 2.45) is 11.7 Å². The van der Waals surface area contributed by atoms with E-state index in [4.69, 9.17) is 5.73 Å². The van der Waals surface area contributed by atoms with Crippen LogP contribution in [0.5, 0.6) is 0 Å². The molecule has 1 fully saturated rings. The fourth-order valence-electron chi connectivity index (χ4n) is 1.09. The van der Waals surface area contributed by atoms with Gasteiger partial charge in [-0.1, -0.05) is 0 Å². The Kier molecular flexibility index (Phi) is 2.94. The molecule has 3 heteroatoms. The Bertz CT molecular complexity index is 181. The minimum atomic E-state index is -0.773. The average molecular weight is 189 g/mol. The van der Waals surface area contributed by atoms with Crippen molar-refractivity contribution in [2.45, 2.75) is 44.4 Å². The Balaban J connectivity index is 2.34. The first-order valence-corrected chi connectivity index (χ1v) is 5.87. The van der Waals surface area contributed by atoms with Crippen LogP contribution in [0.25, 0.3) is 0 Å². The molecule has 0 aromatic heterocycles. The zero-order chi connectivity index (χ0) is 9.35. The molecule has 2 atom stereocenters. The number of nitrogens with two attached hydrogens (primary N) is 1. The van der Waals surface area contributed by atoms with Gasteiger partial charge in [0.05, 0.1) is 0 Å². The molecule has 72 valence electrons. The van der Waals surface area contributed by atoms with Gasteiger partial charge in [0, 0.05) is 27.3 Å². The molecule has 0 aliphatic heterocycles. The van der Waals surface area contributed by atoms with E-state index in [2.05, 4.69) is 0 Å². The second-order valence-electron chi connectivity index (χ2n) is 4.63. The van der Waals surface area contributed by atoms with Crippen molar-refractivity contribution in [1.82, 2.24) is 0 Å². The Morgan fingerprint density at radius 3 is 2.33 bits per heavy atom. The highest BCUT2D eigenvalue weighted by molar-refractivity contribution is 7.86. The lowest BCUT2D eigenvalue weighted by atomic mass is 10.2. The summed E-state index contributed by atoms with van der Waals surface area (Å²) in [5.41, 5.74) is 5.88. The quantitative estimate of drug-likeness (QED) is 0.726. The fourth-order valence-corrected chi connectivity index (χ4v) is 2.21. The van der Waals surface area contributed by atoms with Crippen LogP contribution in [0.15, 0.2) is 0 Å². The van der Waals surface area contributed by atoms with Crippen LogP contribution in [-0.4, -0.2) is 20.8 Å². The third-order valence-corrected chi connectivity index (χ3v) is 4.31. The van der Waals surface area contributed by atoms with E-state index in [-0.39, 0.29) is 10.8 Å². The maximum absolute atomic E-state index is 11.6. The molecule has 0 bridgehead atoms. The van der Waals surface area contributed by atoms with E-state index in [1.165, 1.54) is 12.8 Å². The van der Waals surface area contributed by atoms with Gasteiger partial charge in [0.1, 0.15) is 0 Å². The Hall–Kier alpha value is 0.110.